The molecule has 1 aromatic carbocycles. The smallest absolute Gasteiger partial charge is 0.285 e. The topological polar surface area (TPSA) is 116 Å². The number of halogens is 2. The van der Waals surface area contributed by atoms with E-state index >= 15 is 0 Å². The molecule has 1 heterocycles. The van der Waals surface area contributed by atoms with Gasteiger partial charge in [-0.05, 0) is 11.3 Å². The van der Waals surface area contributed by atoms with Crippen LogP contribution < -0.4 is 5.32 Å². The summed E-state index contributed by atoms with van der Waals surface area (Å²) >= 11 is 0. The van der Waals surface area contributed by atoms with Gasteiger partial charge in [0.1, 0.15) is 5.56 Å². The van der Waals surface area contributed by atoms with Gasteiger partial charge >= 0.3 is 0 Å². The molecule has 0 atom stereocenters. The number of anilines is 1. The minimum absolute atomic E-state index is 0.225. The molecular formula is C9H6F2N6O3. The highest BCUT2D eigenvalue weighted by molar-refractivity contribution is 6.06. The van der Waals surface area contributed by atoms with Crippen molar-refractivity contribution in [2.24, 2.45) is 7.05 Å². The van der Waals surface area contributed by atoms with E-state index in [2.05, 4.69) is 20.7 Å². The molecule has 0 spiro atoms. The largest absolute Gasteiger partial charge is 0.288 e. The number of carbonyl (C=O) groups excluding carboxylic acids is 1. The van der Waals surface area contributed by atoms with Crippen molar-refractivity contribution in [2.75, 3.05) is 5.32 Å². The standard InChI is InChI=1S/C9H6F2N6O3/c1-16-14-9(13-15-16)12-8(18)4-2-5(10)6(11)3-7(4)17(19)20/h2-3H,1H3,(H,12,14,18). The summed E-state index contributed by atoms with van der Waals surface area (Å²) in [5, 5.41) is 23.3. The quantitative estimate of drug-likeness (QED) is 0.653. The van der Waals surface area contributed by atoms with Gasteiger partial charge in [0.25, 0.3) is 17.5 Å². The number of carbonyl (C=O) groups is 1. The van der Waals surface area contributed by atoms with Crippen molar-refractivity contribution < 1.29 is 18.5 Å². The summed E-state index contributed by atoms with van der Waals surface area (Å²) < 4.78 is 26.1. The van der Waals surface area contributed by atoms with E-state index in [1.165, 1.54) is 7.05 Å². The van der Waals surface area contributed by atoms with E-state index in [4.69, 9.17) is 0 Å². The van der Waals surface area contributed by atoms with Crippen LogP contribution in [0, 0.1) is 21.7 Å². The lowest BCUT2D eigenvalue weighted by Gasteiger charge is -2.03. The third-order valence-electron chi connectivity index (χ3n) is 2.21. The minimum Gasteiger partial charge on any atom is -0.288 e. The molecule has 0 unspecified atom stereocenters. The van der Waals surface area contributed by atoms with Crippen molar-refractivity contribution >= 4 is 17.5 Å². The lowest BCUT2D eigenvalue weighted by molar-refractivity contribution is -0.385. The maximum Gasteiger partial charge on any atom is 0.285 e. The van der Waals surface area contributed by atoms with E-state index in [0.717, 1.165) is 4.80 Å². The van der Waals surface area contributed by atoms with Gasteiger partial charge in [0.05, 0.1) is 18.0 Å². The van der Waals surface area contributed by atoms with E-state index in [0.29, 0.717) is 12.1 Å². The lowest BCUT2D eigenvalue weighted by atomic mass is 10.1. The number of aryl methyl sites for hydroxylation is 1. The maximum atomic E-state index is 13.1. The molecule has 11 heteroatoms. The number of nitro groups is 1. The van der Waals surface area contributed by atoms with Crippen molar-refractivity contribution in [3.05, 3.63) is 39.4 Å². The lowest BCUT2D eigenvalue weighted by Crippen LogP contribution is -2.16. The predicted octanol–water partition coefficient (Wildman–Crippen LogP) is 0.649. The normalized spacial score (nSPS) is 10.3. The zero-order chi connectivity index (χ0) is 14.9. The Balaban J connectivity index is 2.38. The molecule has 104 valence electrons. The highest BCUT2D eigenvalue weighted by Gasteiger charge is 2.24. The molecule has 0 aliphatic rings. The van der Waals surface area contributed by atoms with E-state index in [1.807, 2.05) is 0 Å². The summed E-state index contributed by atoms with van der Waals surface area (Å²) in [4.78, 5) is 22.6. The third kappa shape index (κ3) is 2.55. The Hall–Kier alpha value is -2.98. The highest BCUT2D eigenvalue weighted by Crippen LogP contribution is 2.22. The molecule has 2 rings (SSSR count). The van der Waals surface area contributed by atoms with Crippen LogP contribution in [0.4, 0.5) is 20.4 Å². The Morgan fingerprint density at radius 3 is 2.60 bits per heavy atom. The fraction of sp³-hybridized carbons (Fsp3) is 0.111. The molecular weight excluding hydrogens is 278 g/mol. The summed E-state index contributed by atoms with van der Waals surface area (Å²) in [6, 6.07) is 0.757. The van der Waals surface area contributed by atoms with Crippen molar-refractivity contribution in [1.82, 2.24) is 20.2 Å². The van der Waals surface area contributed by atoms with E-state index in [1.54, 1.807) is 0 Å². The van der Waals surface area contributed by atoms with Gasteiger partial charge in [-0.25, -0.2) is 8.78 Å². The van der Waals surface area contributed by atoms with Crippen LogP contribution in [0.1, 0.15) is 10.4 Å². The van der Waals surface area contributed by atoms with Gasteiger partial charge < -0.3 is 0 Å². The van der Waals surface area contributed by atoms with Crippen LogP contribution in [0.15, 0.2) is 12.1 Å². The van der Waals surface area contributed by atoms with E-state index in [9.17, 15) is 23.7 Å². The molecule has 0 aliphatic heterocycles. The zero-order valence-corrected chi connectivity index (χ0v) is 9.87. The number of nitro benzene ring substituents is 1. The van der Waals surface area contributed by atoms with E-state index in [-0.39, 0.29) is 5.95 Å². The third-order valence-corrected chi connectivity index (χ3v) is 2.21. The van der Waals surface area contributed by atoms with Gasteiger partial charge in [0.15, 0.2) is 11.6 Å². The molecule has 9 nitrogen and oxygen atoms in total. The second-order valence-electron chi connectivity index (χ2n) is 3.60. The van der Waals surface area contributed by atoms with Crippen LogP contribution in [-0.2, 0) is 7.05 Å². The summed E-state index contributed by atoms with van der Waals surface area (Å²) in [5.74, 6) is -4.08. The summed E-state index contributed by atoms with van der Waals surface area (Å²) in [7, 11) is 1.43. The molecule has 0 aliphatic carbocycles. The van der Waals surface area contributed by atoms with E-state index < -0.39 is 33.7 Å². The predicted molar refractivity (Wildman–Crippen MR) is 59.8 cm³/mol. The Morgan fingerprint density at radius 2 is 2.05 bits per heavy atom. The van der Waals surface area contributed by atoms with Crippen molar-refractivity contribution in [2.45, 2.75) is 0 Å². The number of amides is 1. The van der Waals surface area contributed by atoms with Crippen LogP contribution in [0.5, 0.6) is 0 Å². The number of aromatic nitrogens is 4. The number of hydrogen-bond donors (Lipinski definition) is 1. The fourth-order valence-corrected chi connectivity index (χ4v) is 1.37. The van der Waals surface area contributed by atoms with Crippen molar-refractivity contribution in [3.63, 3.8) is 0 Å². The molecule has 0 bridgehead atoms. The number of benzene rings is 1. The second-order valence-corrected chi connectivity index (χ2v) is 3.60. The van der Waals surface area contributed by atoms with Crippen LogP contribution in [-0.4, -0.2) is 31.0 Å². The fourth-order valence-electron chi connectivity index (χ4n) is 1.37. The van der Waals surface area contributed by atoms with Crippen LogP contribution in [0.2, 0.25) is 0 Å². The summed E-state index contributed by atoms with van der Waals surface area (Å²) in [6.07, 6.45) is 0. The van der Waals surface area contributed by atoms with Gasteiger partial charge in [0, 0.05) is 0 Å². The Kier molecular flexibility index (Phi) is 3.33. The molecule has 20 heavy (non-hydrogen) atoms. The number of hydrogen-bond acceptors (Lipinski definition) is 6. The van der Waals surface area contributed by atoms with Crippen LogP contribution >= 0.6 is 0 Å². The van der Waals surface area contributed by atoms with Crippen molar-refractivity contribution in [3.8, 4) is 0 Å². The van der Waals surface area contributed by atoms with Gasteiger partial charge in [0.2, 0.25) is 0 Å². The Morgan fingerprint density at radius 1 is 1.40 bits per heavy atom. The molecule has 0 saturated heterocycles. The van der Waals surface area contributed by atoms with Gasteiger partial charge in [-0.15, -0.1) is 5.10 Å². The number of rotatable bonds is 3. The Labute approximate surface area is 109 Å². The first-order valence-electron chi connectivity index (χ1n) is 5.07. The molecule has 1 amide bonds. The SMILES string of the molecule is Cn1nnc(NC(=O)c2cc(F)c(F)cc2[N+](=O)[O-])n1. The molecule has 0 radical (unpaired) electrons. The first-order valence-corrected chi connectivity index (χ1v) is 5.07. The van der Waals surface area contributed by atoms with Crippen LogP contribution in [0.3, 0.4) is 0 Å². The molecule has 1 N–H and O–H groups in total. The first-order chi connectivity index (χ1) is 9.38. The van der Waals surface area contributed by atoms with Gasteiger partial charge in [-0.1, -0.05) is 5.10 Å². The summed E-state index contributed by atoms with van der Waals surface area (Å²) in [6.45, 7) is 0. The molecule has 2 aromatic rings. The molecule has 0 fully saturated rings. The number of nitrogens with one attached hydrogen (secondary N) is 1. The molecule has 0 saturated carbocycles. The Bertz CT molecular complexity index is 701. The monoisotopic (exact) mass is 284 g/mol. The van der Waals surface area contributed by atoms with Gasteiger partial charge in [-0.3, -0.25) is 20.2 Å². The minimum atomic E-state index is -1.43. The number of tetrazole rings is 1. The summed E-state index contributed by atoms with van der Waals surface area (Å²) in [5.41, 5.74) is -1.52. The maximum absolute atomic E-state index is 13.1. The van der Waals surface area contributed by atoms with Gasteiger partial charge in [-0.2, -0.15) is 4.80 Å². The van der Waals surface area contributed by atoms with Crippen molar-refractivity contribution in [1.29, 1.82) is 0 Å². The van der Waals surface area contributed by atoms with Crippen LogP contribution in [0.25, 0.3) is 0 Å². The number of nitrogens with zero attached hydrogens (tertiary/aromatic N) is 5. The zero-order valence-electron chi connectivity index (χ0n) is 9.87. The molecule has 1 aromatic heterocycles. The highest BCUT2D eigenvalue weighted by atomic mass is 19.2. The first kappa shape index (κ1) is 13.5. The average Bonchev–Trinajstić information content (AvgIpc) is 2.77. The average molecular weight is 284 g/mol. The second kappa shape index (κ2) is 4.95.